The zero-order valence-corrected chi connectivity index (χ0v) is 11.1. The van der Waals surface area contributed by atoms with Crippen LogP contribution in [0.5, 0.6) is 0 Å². The summed E-state index contributed by atoms with van der Waals surface area (Å²) in [6, 6.07) is -0.114. The number of nitrogens with zero attached hydrogens (tertiary/aromatic N) is 5. The molecule has 0 aliphatic carbocycles. The van der Waals surface area contributed by atoms with Crippen LogP contribution in [0.4, 0.5) is 0 Å². The van der Waals surface area contributed by atoms with E-state index in [-0.39, 0.29) is 5.62 Å². The van der Waals surface area contributed by atoms with Gasteiger partial charge in [0, 0.05) is 17.2 Å². The van der Waals surface area contributed by atoms with Crippen molar-refractivity contribution in [2.75, 3.05) is 6.61 Å². The molecule has 116 valence electrons. The van der Waals surface area contributed by atoms with Gasteiger partial charge in [0.25, 0.3) is 5.56 Å². The number of nitrogens with one attached hydrogen (secondary N) is 1. The highest BCUT2D eigenvalue weighted by molar-refractivity contribution is 5.19. The topological polar surface area (TPSA) is 169 Å². The van der Waals surface area contributed by atoms with Crippen molar-refractivity contribution >= 4 is 0 Å². The molecule has 11 heteroatoms. The third-order valence-electron chi connectivity index (χ3n) is 3.32. The van der Waals surface area contributed by atoms with Crippen LogP contribution in [0.15, 0.2) is 27.3 Å². The zero-order valence-electron chi connectivity index (χ0n) is 11.1. The Labute approximate surface area is 122 Å². The van der Waals surface area contributed by atoms with E-state index in [9.17, 15) is 15.0 Å². The van der Waals surface area contributed by atoms with Crippen LogP contribution < -0.4 is 11.2 Å². The second-order valence-electron chi connectivity index (χ2n) is 4.48. The van der Waals surface area contributed by atoms with Gasteiger partial charge < -0.3 is 20.2 Å². The number of H-pyrrole nitrogens is 1. The smallest absolute Gasteiger partial charge is 0.252 e. The first-order valence-electron chi connectivity index (χ1n) is 6.01. The summed E-state index contributed by atoms with van der Waals surface area (Å²) < 4.78 is 6.57. The van der Waals surface area contributed by atoms with E-state index in [0.29, 0.717) is 0 Å². The van der Waals surface area contributed by atoms with E-state index in [1.807, 2.05) is 0 Å². The van der Waals surface area contributed by atoms with Crippen LogP contribution in [0.25, 0.3) is 10.4 Å². The molecule has 2 rings (SSSR count). The molecule has 1 aliphatic rings. The summed E-state index contributed by atoms with van der Waals surface area (Å²) in [5.74, 6) is 2.13. The van der Waals surface area contributed by atoms with Crippen LogP contribution in [0.2, 0.25) is 0 Å². The molecule has 1 aromatic rings. The molecule has 1 aromatic heterocycles. The summed E-state index contributed by atoms with van der Waals surface area (Å²) in [7, 11) is 0. The molecule has 0 amide bonds. The van der Waals surface area contributed by atoms with Crippen LogP contribution >= 0.6 is 0 Å². The van der Waals surface area contributed by atoms with E-state index in [1.54, 1.807) is 0 Å². The Morgan fingerprint density at radius 1 is 1.68 bits per heavy atom. The summed E-state index contributed by atoms with van der Waals surface area (Å²) in [5, 5.41) is 34.9. The minimum atomic E-state index is -1.79. The molecule has 0 saturated carbocycles. The van der Waals surface area contributed by atoms with Crippen LogP contribution in [-0.2, 0) is 4.74 Å². The van der Waals surface area contributed by atoms with Gasteiger partial charge in [-0.1, -0.05) is 16.2 Å². The maximum absolute atomic E-state index is 11.2. The molecular formula is C11H12N6O5. The predicted molar refractivity (Wildman–Crippen MR) is 70.1 cm³/mol. The molecule has 4 atom stereocenters. The molecule has 11 nitrogen and oxygen atoms in total. The van der Waals surface area contributed by atoms with Gasteiger partial charge >= 0.3 is 0 Å². The molecule has 1 aliphatic heterocycles. The van der Waals surface area contributed by atoms with Gasteiger partial charge in [0.05, 0.1) is 6.61 Å². The van der Waals surface area contributed by atoms with Gasteiger partial charge in [0.15, 0.2) is 5.60 Å². The molecule has 1 saturated heterocycles. The third kappa shape index (κ3) is 2.32. The average Bonchev–Trinajstić information content (AvgIpc) is 2.81. The minimum Gasteiger partial charge on any atom is -0.408 e. The Morgan fingerprint density at radius 3 is 2.95 bits per heavy atom. The second kappa shape index (κ2) is 5.92. The number of rotatable bonds is 3. The van der Waals surface area contributed by atoms with Crippen LogP contribution in [0.3, 0.4) is 0 Å². The van der Waals surface area contributed by atoms with Crippen molar-refractivity contribution < 1.29 is 20.2 Å². The molecule has 4 N–H and O–H groups in total. The highest BCUT2D eigenvalue weighted by Gasteiger charge is 2.54. The fraction of sp³-hybridized carbons (Fsp3) is 0.455. The van der Waals surface area contributed by atoms with Gasteiger partial charge in [-0.3, -0.25) is 14.3 Å². The monoisotopic (exact) mass is 308 g/mol. The Hall–Kier alpha value is -2.77. The summed E-state index contributed by atoms with van der Waals surface area (Å²) >= 11 is 0. The highest BCUT2D eigenvalue weighted by Crippen LogP contribution is 2.37. The first-order valence-corrected chi connectivity index (χ1v) is 6.01. The Balaban J connectivity index is 2.62. The van der Waals surface area contributed by atoms with E-state index in [2.05, 4.69) is 26.1 Å². The van der Waals surface area contributed by atoms with Gasteiger partial charge in [0.2, 0.25) is 5.62 Å². The number of terminal acetylenes is 1. The van der Waals surface area contributed by atoms with Crippen LogP contribution in [-0.4, -0.2) is 49.3 Å². The van der Waals surface area contributed by atoms with E-state index < -0.39 is 36.1 Å². The lowest BCUT2D eigenvalue weighted by molar-refractivity contribution is -0.0920. The number of ether oxygens (including phenoxy) is 1. The lowest BCUT2D eigenvalue weighted by Crippen LogP contribution is -2.44. The van der Waals surface area contributed by atoms with E-state index in [1.165, 1.54) is 6.20 Å². The molecule has 22 heavy (non-hydrogen) atoms. The van der Waals surface area contributed by atoms with Gasteiger partial charge in [0.1, 0.15) is 18.4 Å². The number of azide groups is 1. The van der Waals surface area contributed by atoms with E-state index >= 15 is 0 Å². The van der Waals surface area contributed by atoms with Crippen LogP contribution in [0, 0.1) is 12.3 Å². The van der Waals surface area contributed by atoms with Gasteiger partial charge in [-0.25, -0.2) is 0 Å². The number of aromatic amines is 1. The van der Waals surface area contributed by atoms with Crippen molar-refractivity contribution in [3.8, 4) is 12.3 Å². The molecule has 1 fully saturated rings. The predicted octanol–water partition coefficient (Wildman–Crippen LogP) is -1.60. The van der Waals surface area contributed by atoms with Gasteiger partial charge in [-0.2, -0.15) is 0 Å². The van der Waals surface area contributed by atoms with E-state index in [4.69, 9.17) is 21.9 Å². The summed E-state index contributed by atoms with van der Waals surface area (Å²) in [5.41, 5.74) is 5.98. The number of aliphatic hydroxyl groups is 2. The summed E-state index contributed by atoms with van der Waals surface area (Å²) in [6.45, 7) is -0.728. The first kappa shape index (κ1) is 15.6. The number of aromatic nitrogens is 2. The van der Waals surface area contributed by atoms with Crippen molar-refractivity contribution in [3.05, 3.63) is 38.7 Å². The lowest BCUT2D eigenvalue weighted by atomic mass is 9.96. The normalized spacial score (nSPS) is 31.5. The van der Waals surface area contributed by atoms with Gasteiger partial charge in [-0.05, 0) is 5.53 Å². The van der Waals surface area contributed by atoms with Crippen molar-refractivity contribution in [2.24, 2.45) is 10.3 Å². The molecular weight excluding hydrogens is 296 g/mol. The van der Waals surface area contributed by atoms with Crippen molar-refractivity contribution in [2.45, 2.75) is 24.0 Å². The zero-order chi connectivity index (χ0) is 16.3. The van der Waals surface area contributed by atoms with Gasteiger partial charge in [-0.15, -0.1) is 6.42 Å². The Kier molecular flexibility index (Phi) is 4.20. The standard InChI is InChI=1S/C11H12N6O5/c1-2-11(5-18)8(20)7(14-16-12)9(22-11)17-4-3-6(19)13-10(17)15-21/h1,3-4,7-9,18,20-21H,5H2,(H,13,15,19)/t7?,8-,9+,11+/m0/s1. The number of hydrogen-bond acceptors (Lipinski definition) is 7. The van der Waals surface area contributed by atoms with Crippen molar-refractivity contribution in [1.82, 2.24) is 9.55 Å². The fourth-order valence-electron chi connectivity index (χ4n) is 2.20. The fourth-order valence-corrected chi connectivity index (χ4v) is 2.20. The Bertz CT molecular complexity index is 772. The third-order valence-corrected chi connectivity index (χ3v) is 3.32. The number of hydrogen-bond donors (Lipinski definition) is 4. The summed E-state index contributed by atoms with van der Waals surface area (Å²) in [6.07, 6.45) is 3.79. The molecule has 0 spiro atoms. The maximum atomic E-state index is 11.2. The average molecular weight is 308 g/mol. The van der Waals surface area contributed by atoms with Crippen LogP contribution in [0.1, 0.15) is 6.23 Å². The lowest BCUT2D eigenvalue weighted by Gasteiger charge is -2.23. The number of aliphatic hydroxyl groups excluding tert-OH is 2. The molecule has 0 bridgehead atoms. The first-order chi connectivity index (χ1) is 10.5. The Morgan fingerprint density at radius 2 is 2.41 bits per heavy atom. The SMILES string of the molecule is C#C[C@]1(CO)O[C@@H](n2ccc(=O)[nH]/c2=N\O)C(N=[N+]=[N-])[C@@H]1O. The summed E-state index contributed by atoms with van der Waals surface area (Å²) in [4.78, 5) is 16.1. The van der Waals surface area contributed by atoms with Crippen molar-refractivity contribution in [3.63, 3.8) is 0 Å². The molecule has 2 heterocycles. The molecule has 0 radical (unpaired) electrons. The maximum Gasteiger partial charge on any atom is 0.252 e. The van der Waals surface area contributed by atoms with Crippen molar-refractivity contribution in [1.29, 1.82) is 0 Å². The highest BCUT2D eigenvalue weighted by atomic mass is 16.6. The molecule has 0 aromatic carbocycles. The quantitative estimate of drug-likeness (QED) is 0.131. The van der Waals surface area contributed by atoms with E-state index in [0.717, 1.165) is 10.6 Å². The molecule has 1 unspecified atom stereocenters. The second-order valence-corrected chi connectivity index (χ2v) is 4.48. The minimum absolute atomic E-state index is 0.311. The largest absolute Gasteiger partial charge is 0.408 e.